The van der Waals surface area contributed by atoms with Crippen LogP contribution in [0.3, 0.4) is 0 Å². The van der Waals surface area contributed by atoms with Crippen molar-refractivity contribution in [3.63, 3.8) is 0 Å². The van der Waals surface area contributed by atoms with Crippen LogP contribution < -0.4 is 14.8 Å². The molecule has 0 spiro atoms. The molecular formula is C15H21NO2. The SMILES string of the molecule is Cc1cc(OCC2CC2)cc2c1NCCCCO2. The zero-order valence-electron chi connectivity index (χ0n) is 11.0. The summed E-state index contributed by atoms with van der Waals surface area (Å²) < 4.78 is 11.7. The van der Waals surface area contributed by atoms with Gasteiger partial charge in [0.2, 0.25) is 0 Å². The molecule has 0 radical (unpaired) electrons. The van der Waals surface area contributed by atoms with Crippen molar-refractivity contribution < 1.29 is 9.47 Å². The maximum Gasteiger partial charge on any atom is 0.146 e. The van der Waals surface area contributed by atoms with E-state index in [9.17, 15) is 0 Å². The fourth-order valence-electron chi connectivity index (χ4n) is 2.27. The van der Waals surface area contributed by atoms with Crippen molar-refractivity contribution in [1.29, 1.82) is 0 Å². The zero-order chi connectivity index (χ0) is 12.4. The molecule has 3 nitrogen and oxygen atoms in total. The molecule has 1 heterocycles. The fourth-order valence-corrected chi connectivity index (χ4v) is 2.27. The molecular weight excluding hydrogens is 226 g/mol. The molecule has 3 rings (SSSR count). The lowest BCUT2D eigenvalue weighted by Crippen LogP contribution is -2.12. The summed E-state index contributed by atoms with van der Waals surface area (Å²) in [6.07, 6.45) is 4.92. The topological polar surface area (TPSA) is 30.5 Å². The minimum Gasteiger partial charge on any atom is -0.493 e. The Bertz CT molecular complexity index is 427. The number of ether oxygens (including phenoxy) is 2. The van der Waals surface area contributed by atoms with Crippen LogP contribution in [-0.4, -0.2) is 19.8 Å². The molecule has 3 heteroatoms. The summed E-state index contributed by atoms with van der Waals surface area (Å²) in [6, 6.07) is 4.14. The average Bonchev–Trinajstić information content (AvgIpc) is 3.12. The van der Waals surface area contributed by atoms with Gasteiger partial charge in [0, 0.05) is 12.6 Å². The second kappa shape index (κ2) is 5.09. The van der Waals surface area contributed by atoms with E-state index in [0.717, 1.165) is 49.3 Å². The smallest absolute Gasteiger partial charge is 0.146 e. The molecule has 1 aromatic rings. The average molecular weight is 247 g/mol. The minimum absolute atomic E-state index is 0.784. The summed E-state index contributed by atoms with van der Waals surface area (Å²) in [5.41, 5.74) is 2.34. The summed E-state index contributed by atoms with van der Waals surface area (Å²) in [4.78, 5) is 0. The molecule has 1 saturated carbocycles. The van der Waals surface area contributed by atoms with Crippen LogP contribution in [-0.2, 0) is 0 Å². The Morgan fingerprint density at radius 3 is 3.06 bits per heavy atom. The normalized spacial score (nSPS) is 18.9. The van der Waals surface area contributed by atoms with Gasteiger partial charge in [0.05, 0.1) is 18.9 Å². The van der Waals surface area contributed by atoms with E-state index in [2.05, 4.69) is 18.3 Å². The van der Waals surface area contributed by atoms with Gasteiger partial charge in [-0.25, -0.2) is 0 Å². The third kappa shape index (κ3) is 2.71. The Balaban J connectivity index is 1.79. The number of hydrogen-bond donors (Lipinski definition) is 1. The van der Waals surface area contributed by atoms with Gasteiger partial charge >= 0.3 is 0 Å². The van der Waals surface area contributed by atoms with Crippen LogP contribution in [0.5, 0.6) is 11.5 Å². The predicted molar refractivity (Wildman–Crippen MR) is 72.6 cm³/mol. The number of fused-ring (bicyclic) bond motifs is 1. The zero-order valence-corrected chi connectivity index (χ0v) is 11.0. The number of aryl methyl sites for hydroxylation is 1. The van der Waals surface area contributed by atoms with Gasteiger partial charge in [-0.3, -0.25) is 0 Å². The highest BCUT2D eigenvalue weighted by Crippen LogP contribution is 2.36. The van der Waals surface area contributed by atoms with E-state index >= 15 is 0 Å². The third-order valence-electron chi connectivity index (χ3n) is 3.59. The summed E-state index contributed by atoms with van der Waals surface area (Å²) in [5.74, 6) is 2.67. The number of anilines is 1. The first-order valence-electron chi connectivity index (χ1n) is 6.97. The molecule has 0 saturated heterocycles. The van der Waals surface area contributed by atoms with Crippen molar-refractivity contribution in [2.75, 3.05) is 25.1 Å². The van der Waals surface area contributed by atoms with E-state index in [1.807, 2.05) is 6.07 Å². The maximum absolute atomic E-state index is 5.84. The molecule has 1 aromatic carbocycles. The number of nitrogens with one attached hydrogen (secondary N) is 1. The molecule has 0 aromatic heterocycles. The van der Waals surface area contributed by atoms with Crippen LogP contribution in [0.1, 0.15) is 31.2 Å². The van der Waals surface area contributed by atoms with Gasteiger partial charge in [-0.1, -0.05) is 0 Å². The van der Waals surface area contributed by atoms with Crippen molar-refractivity contribution in [2.45, 2.75) is 32.6 Å². The summed E-state index contributed by atoms with van der Waals surface area (Å²) in [5, 5.41) is 3.46. The Morgan fingerprint density at radius 1 is 1.33 bits per heavy atom. The fraction of sp³-hybridized carbons (Fsp3) is 0.600. The first-order chi connectivity index (χ1) is 8.83. The monoisotopic (exact) mass is 247 g/mol. The maximum atomic E-state index is 5.84. The van der Waals surface area contributed by atoms with Gasteiger partial charge in [-0.15, -0.1) is 0 Å². The van der Waals surface area contributed by atoms with Gasteiger partial charge in [0.1, 0.15) is 11.5 Å². The largest absolute Gasteiger partial charge is 0.493 e. The van der Waals surface area contributed by atoms with Gasteiger partial charge in [-0.2, -0.15) is 0 Å². The van der Waals surface area contributed by atoms with Crippen LogP contribution in [0.15, 0.2) is 12.1 Å². The van der Waals surface area contributed by atoms with Crippen molar-refractivity contribution in [1.82, 2.24) is 0 Å². The quantitative estimate of drug-likeness (QED) is 0.888. The second-order valence-electron chi connectivity index (χ2n) is 5.35. The lowest BCUT2D eigenvalue weighted by atomic mass is 10.1. The number of hydrogen-bond acceptors (Lipinski definition) is 3. The van der Waals surface area contributed by atoms with Gasteiger partial charge < -0.3 is 14.8 Å². The van der Waals surface area contributed by atoms with E-state index in [1.165, 1.54) is 24.8 Å². The van der Waals surface area contributed by atoms with Gasteiger partial charge in [0.15, 0.2) is 0 Å². The molecule has 2 aliphatic rings. The standard InChI is InChI=1S/C15H21NO2/c1-11-8-13(18-10-12-4-5-12)9-14-15(11)16-6-2-3-7-17-14/h8-9,12,16H,2-7,10H2,1H3. The van der Waals surface area contributed by atoms with Crippen molar-refractivity contribution >= 4 is 5.69 Å². The summed E-state index contributed by atoms with van der Waals surface area (Å²) in [7, 11) is 0. The highest BCUT2D eigenvalue weighted by atomic mass is 16.5. The molecule has 1 fully saturated rings. The molecule has 98 valence electrons. The van der Waals surface area contributed by atoms with Gasteiger partial charge in [0.25, 0.3) is 0 Å². The molecule has 0 atom stereocenters. The predicted octanol–water partition coefficient (Wildman–Crippen LogP) is 3.37. The Kier molecular flexibility index (Phi) is 3.31. The van der Waals surface area contributed by atoms with E-state index in [1.54, 1.807) is 0 Å². The molecule has 1 N–H and O–H groups in total. The van der Waals surface area contributed by atoms with Gasteiger partial charge in [-0.05, 0) is 50.2 Å². The highest BCUT2D eigenvalue weighted by Gasteiger charge is 2.22. The van der Waals surface area contributed by atoms with E-state index in [4.69, 9.17) is 9.47 Å². The lowest BCUT2D eigenvalue weighted by molar-refractivity contribution is 0.287. The lowest BCUT2D eigenvalue weighted by Gasteiger charge is -2.20. The molecule has 0 bridgehead atoms. The highest BCUT2D eigenvalue weighted by molar-refractivity contribution is 5.64. The van der Waals surface area contributed by atoms with Crippen molar-refractivity contribution in [3.05, 3.63) is 17.7 Å². The van der Waals surface area contributed by atoms with Crippen molar-refractivity contribution in [3.8, 4) is 11.5 Å². The van der Waals surface area contributed by atoms with E-state index < -0.39 is 0 Å². The van der Waals surface area contributed by atoms with E-state index in [-0.39, 0.29) is 0 Å². The first-order valence-corrected chi connectivity index (χ1v) is 6.97. The molecule has 0 amide bonds. The Labute approximate surface area is 108 Å². The van der Waals surface area contributed by atoms with Crippen LogP contribution in [0.4, 0.5) is 5.69 Å². The van der Waals surface area contributed by atoms with Crippen LogP contribution in [0.2, 0.25) is 0 Å². The minimum atomic E-state index is 0.784. The number of benzene rings is 1. The van der Waals surface area contributed by atoms with Crippen LogP contribution >= 0.6 is 0 Å². The summed E-state index contributed by atoms with van der Waals surface area (Å²) in [6.45, 7) is 4.80. The van der Waals surface area contributed by atoms with Crippen molar-refractivity contribution in [2.24, 2.45) is 5.92 Å². The van der Waals surface area contributed by atoms with Crippen LogP contribution in [0, 0.1) is 12.8 Å². The molecule has 0 unspecified atom stereocenters. The van der Waals surface area contributed by atoms with E-state index in [0.29, 0.717) is 0 Å². The summed E-state index contributed by atoms with van der Waals surface area (Å²) >= 11 is 0. The van der Waals surface area contributed by atoms with Crippen LogP contribution in [0.25, 0.3) is 0 Å². The third-order valence-corrected chi connectivity index (χ3v) is 3.59. The molecule has 1 aliphatic heterocycles. The first kappa shape index (κ1) is 11.7. The Morgan fingerprint density at radius 2 is 2.22 bits per heavy atom. The second-order valence-corrected chi connectivity index (χ2v) is 5.35. The number of rotatable bonds is 3. The molecule has 1 aliphatic carbocycles. The Hall–Kier alpha value is -1.38. The molecule has 18 heavy (non-hydrogen) atoms.